The zero-order valence-corrected chi connectivity index (χ0v) is 23.8. The van der Waals surface area contributed by atoms with Gasteiger partial charge in [-0.25, -0.2) is 4.79 Å². The Balaban J connectivity index is 1.47. The zero-order chi connectivity index (χ0) is 27.2. The summed E-state index contributed by atoms with van der Waals surface area (Å²) in [4.78, 5) is 26.7. The lowest BCUT2D eigenvalue weighted by Gasteiger charge is -2.18. The molecule has 1 aliphatic carbocycles. The molecule has 0 radical (unpaired) electrons. The van der Waals surface area contributed by atoms with Gasteiger partial charge in [0.25, 0.3) is 0 Å². The average molecular weight is 575 g/mol. The number of anilines is 1. The number of esters is 1. The van der Waals surface area contributed by atoms with Crippen molar-refractivity contribution in [3.8, 4) is 11.5 Å². The molecule has 6 nitrogen and oxygen atoms in total. The van der Waals surface area contributed by atoms with Crippen molar-refractivity contribution in [3.05, 3.63) is 79.7 Å². The van der Waals surface area contributed by atoms with Crippen molar-refractivity contribution in [3.63, 3.8) is 0 Å². The molecule has 0 saturated carbocycles. The van der Waals surface area contributed by atoms with E-state index in [1.54, 1.807) is 50.4 Å². The number of rotatable bonds is 9. The van der Waals surface area contributed by atoms with E-state index in [0.717, 1.165) is 35.3 Å². The maximum atomic E-state index is 12.8. The van der Waals surface area contributed by atoms with Crippen LogP contribution in [0.15, 0.2) is 42.5 Å². The van der Waals surface area contributed by atoms with Crippen LogP contribution in [0.2, 0.25) is 10.0 Å². The van der Waals surface area contributed by atoms with Gasteiger partial charge in [0.1, 0.15) is 11.6 Å². The number of carbonyl (C=O) groups is 2. The molecule has 9 heteroatoms. The van der Waals surface area contributed by atoms with Gasteiger partial charge < -0.3 is 19.5 Å². The highest BCUT2D eigenvalue weighted by molar-refractivity contribution is 7.17. The van der Waals surface area contributed by atoms with Gasteiger partial charge >= 0.3 is 5.97 Å². The van der Waals surface area contributed by atoms with Gasteiger partial charge in [0.2, 0.25) is 5.91 Å². The molecule has 0 spiro atoms. The third kappa shape index (κ3) is 6.52. The maximum Gasteiger partial charge on any atom is 0.341 e. The molecule has 38 heavy (non-hydrogen) atoms. The number of thiophene rings is 1. The number of halogens is 2. The predicted octanol–water partition coefficient (Wildman–Crippen LogP) is 7.60. The fourth-order valence-corrected chi connectivity index (χ4v) is 6.22. The quantitative estimate of drug-likeness (QED) is 0.211. The first-order valence-corrected chi connectivity index (χ1v) is 13.9. The average Bonchev–Trinajstić information content (AvgIpc) is 3.24. The smallest absolute Gasteiger partial charge is 0.341 e. The molecule has 0 bridgehead atoms. The predicted molar refractivity (Wildman–Crippen MR) is 153 cm³/mol. The summed E-state index contributed by atoms with van der Waals surface area (Å²) in [7, 11) is 1.54. The van der Waals surface area contributed by atoms with E-state index in [1.165, 1.54) is 17.4 Å². The summed E-state index contributed by atoms with van der Waals surface area (Å²) in [5.74, 6) is 0.832. The highest BCUT2D eigenvalue weighted by Crippen LogP contribution is 2.40. The van der Waals surface area contributed by atoms with E-state index < -0.39 is 5.97 Å². The van der Waals surface area contributed by atoms with Crippen molar-refractivity contribution in [2.75, 3.05) is 19.0 Å². The van der Waals surface area contributed by atoms with Crippen LogP contribution in [0, 0.1) is 5.92 Å². The van der Waals surface area contributed by atoms with E-state index >= 15 is 0 Å². The Kier molecular flexibility index (Phi) is 9.36. The monoisotopic (exact) mass is 573 g/mol. The number of methoxy groups -OCH3 is 1. The molecular formula is C29H29Cl2NO5S. The molecule has 200 valence electrons. The summed E-state index contributed by atoms with van der Waals surface area (Å²) in [6, 6.07) is 10.6. The highest BCUT2D eigenvalue weighted by Gasteiger charge is 2.28. The molecule has 2 aromatic carbocycles. The fraction of sp³-hybridized carbons (Fsp3) is 0.310. The Morgan fingerprint density at radius 1 is 1.16 bits per heavy atom. The second kappa shape index (κ2) is 12.7. The number of nitrogens with one attached hydrogen (secondary N) is 1. The van der Waals surface area contributed by atoms with E-state index in [1.807, 2.05) is 6.07 Å². The Hall–Kier alpha value is -3.00. The minimum absolute atomic E-state index is 0.179. The molecule has 4 rings (SSSR count). The van der Waals surface area contributed by atoms with Gasteiger partial charge in [-0.2, -0.15) is 0 Å². The van der Waals surface area contributed by atoms with Gasteiger partial charge in [-0.05, 0) is 73.6 Å². The first kappa shape index (κ1) is 28.0. The summed E-state index contributed by atoms with van der Waals surface area (Å²) in [5, 5.41) is 4.48. The van der Waals surface area contributed by atoms with Crippen molar-refractivity contribution >= 4 is 57.5 Å². The Morgan fingerprint density at radius 3 is 2.63 bits per heavy atom. The number of carbonyl (C=O) groups excluding carboxylic acids is 2. The molecule has 1 atom stereocenters. The Bertz CT molecular complexity index is 1350. The van der Waals surface area contributed by atoms with E-state index in [2.05, 4.69) is 12.2 Å². The third-order valence-corrected chi connectivity index (χ3v) is 8.15. The number of ether oxygens (including phenoxy) is 3. The molecule has 1 heterocycles. The van der Waals surface area contributed by atoms with E-state index in [4.69, 9.17) is 37.4 Å². The molecule has 1 aliphatic rings. The van der Waals surface area contributed by atoms with Gasteiger partial charge in [0.05, 0.1) is 19.3 Å². The van der Waals surface area contributed by atoms with E-state index in [0.29, 0.717) is 43.6 Å². The van der Waals surface area contributed by atoms with Crippen LogP contribution in [-0.2, 0) is 29.0 Å². The Morgan fingerprint density at radius 2 is 1.92 bits per heavy atom. The zero-order valence-electron chi connectivity index (χ0n) is 21.4. The minimum Gasteiger partial charge on any atom is -0.493 e. The SMILES string of the molecule is CCOC(=O)c1c(NC(=O)C=Cc2ccc(OCc3c(Cl)cccc3Cl)c(OC)c2)sc2c1CCC(C)C2. The van der Waals surface area contributed by atoms with Crippen LogP contribution in [0.4, 0.5) is 5.00 Å². The molecule has 1 aromatic heterocycles. The molecule has 1 N–H and O–H groups in total. The van der Waals surface area contributed by atoms with Crippen LogP contribution in [-0.4, -0.2) is 25.6 Å². The molecule has 0 aliphatic heterocycles. The molecule has 1 amide bonds. The van der Waals surface area contributed by atoms with Crippen molar-refractivity contribution in [2.24, 2.45) is 5.92 Å². The first-order valence-electron chi connectivity index (χ1n) is 12.3. The third-order valence-electron chi connectivity index (χ3n) is 6.28. The number of fused-ring (bicyclic) bond motifs is 1. The van der Waals surface area contributed by atoms with Crippen LogP contribution >= 0.6 is 34.5 Å². The van der Waals surface area contributed by atoms with Gasteiger partial charge in [-0.15, -0.1) is 11.3 Å². The first-order chi connectivity index (χ1) is 18.3. The molecule has 0 fully saturated rings. The molecule has 3 aromatic rings. The summed E-state index contributed by atoms with van der Waals surface area (Å²) < 4.78 is 16.7. The van der Waals surface area contributed by atoms with E-state index in [-0.39, 0.29) is 19.1 Å². The fourth-order valence-electron chi connectivity index (χ4n) is 4.31. The summed E-state index contributed by atoms with van der Waals surface area (Å²) in [6.45, 7) is 4.43. The second-order valence-electron chi connectivity index (χ2n) is 9.00. The van der Waals surface area contributed by atoms with Crippen LogP contribution in [0.1, 0.15) is 52.2 Å². The molecular weight excluding hydrogens is 545 g/mol. The van der Waals surface area contributed by atoms with Crippen LogP contribution in [0.3, 0.4) is 0 Å². The Labute approximate surface area is 236 Å². The number of benzene rings is 2. The normalized spacial score (nSPS) is 14.7. The van der Waals surface area contributed by atoms with Crippen LogP contribution < -0.4 is 14.8 Å². The van der Waals surface area contributed by atoms with Crippen LogP contribution in [0.25, 0.3) is 6.08 Å². The van der Waals surface area contributed by atoms with Gasteiger partial charge in [-0.1, -0.05) is 42.3 Å². The minimum atomic E-state index is -0.391. The standard InChI is InChI=1S/C29H29Cl2NO5S/c1-4-36-29(34)27-19-11-8-17(2)14-25(19)38-28(27)32-26(33)13-10-18-9-12-23(24(15-18)35-3)37-16-20-21(30)6-5-7-22(20)31/h5-7,9-10,12-13,15,17H,4,8,11,14,16H2,1-3H3,(H,32,33). The van der Waals surface area contributed by atoms with E-state index in [9.17, 15) is 9.59 Å². The van der Waals surface area contributed by atoms with Crippen LogP contribution in [0.5, 0.6) is 11.5 Å². The summed E-state index contributed by atoms with van der Waals surface area (Å²) in [6.07, 6.45) is 5.82. The van der Waals surface area contributed by atoms with Crippen molar-refractivity contribution < 1.29 is 23.8 Å². The number of hydrogen-bond donors (Lipinski definition) is 1. The van der Waals surface area contributed by atoms with Crippen molar-refractivity contribution in [2.45, 2.75) is 39.7 Å². The lowest BCUT2D eigenvalue weighted by Crippen LogP contribution is -2.15. The van der Waals surface area contributed by atoms with Gasteiger partial charge in [-0.3, -0.25) is 4.79 Å². The second-order valence-corrected chi connectivity index (χ2v) is 10.9. The van der Waals surface area contributed by atoms with Gasteiger partial charge in [0.15, 0.2) is 11.5 Å². The summed E-state index contributed by atoms with van der Waals surface area (Å²) >= 11 is 13.9. The van der Waals surface area contributed by atoms with Crippen molar-refractivity contribution in [1.29, 1.82) is 0 Å². The highest BCUT2D eigenvalue weighted by atomic mass is 35.5. The lowest BCUT2D eigenvalue weighted by atomic mass is 9.88. The molecule has 0 saturated heterocycles. The topological polar surface area (TPSA) is 73.9 Å². The number of hydrogen-bond acceptors (Lipinski definition) is 6. The summed E-state index contributed by atoms with van der Waals surface area (Å²) in [5.41, 5.74) is 2.92. The largest absolute Gasteiger partial charge is 0.493 e. The lowest BCUT2D eigenvalue weighted by molar-refractivity contribution is -0.111. The van der Waals surface area contributed by atoms with Crippen molar-refractivity contribution in [1.82, 2.24) is 0 Å². The van der Waals surface area contributed by atoms with Gasteiger partial charge in [0, 0.05) is 26.6 Å². The number of amides is 1. The maximum absolute atomic E-state index is 12.8. The molecule has 1 unspecified atom stereocenters.